The van der Waals surface area contributed by atoms with E-state index in [0.29, 0.717) is 11.7 Å². The Kier molecular flexibility index (Phi) is 6.10. The smallest absolute Gasteiger partial charge is 0.115 e. The summed E-state index contributed by atoms with van der Waals surface area (Å²) in [6.45, 7) is 6.71. The van der Waals surface area contributed by atoms with Crippen molar-refractivity contribution < 1.29 is 5.11 Å². The SMILES string of the molecule is CC(C)Cc1ccc(O)cc1.CC1CCCC1. The molecule has 0 unspecified atom stereocenters. The predicted molar refractivity (Wildman–Crippen MR) is 74.3 cm³/mol. The highest BCUT2D eigenvalue weighted by atomic mass is 16.3. The highest BCUT2D eigenvalue weighted by Gasteiger charge is 2.07. The molecule has 1 nitrogen and oxygen atoms in total. The van der Waals surface area contributed by atoms with Gasteiger partial charge >= 0.3 is 0 Å². The fourth-order valence-electron chi connectivity index (χ4n) is 2.23. The maximum atomic E-state index is 8.99. The van der Waals surface area contributed by atoms with E-state index in [-0.39, 0.29) is 0 Å². The van der Waals surface area contributed by atoms with Crippen LogP contribution >= 0.6 is 0 Å². The van der Waals surface area contributed by atoms with Crippen molar-refractivity contribution in [3.05, 3.63) is 29.8 Å². The van der Waals surface area contributed by atoms with Gasteiger partial charge in [-0.15, -0.1) is 0 Å². The second kappa shape index (κ2) is 7.37. The normalized spacial score (nSPS) is 15.8. The van der Waals surface area contributed by atoms with Gasteiger partial charge in [-0.25, -0.2) is 0 Å². The van der Waals surface area contributed by atoms with Gasteiger partial charge < -0.3 is 5.11 Å². The average Bonchev–Trinajstić information content (AvgIpc) is 2.73. The highest BCUT2D eigenvalue weighted by Crippen LogP contribution is 2.22. The van der Waals surface area contributed by atoms with E-state index >= 15 is 0 Å². The Bertz CT molecular complexity index is 294. The molecule has 0 aromatic heterocycles. The predicted octanol–water partition coefficient (Wildman–Crippen LogP) is 4.79. The van der Waals surface area contributed by atoms with Gasteiger partial charge in [-0.1, -0.05) is 58.6 Å². The van der Waals surface area contributed by atoms with Crippen molar-refractivity contribution in [3.63, 3.8) is 0 Å². The summed E-state index contributed by atoms with van der Waals surface area (Å²) in [5, 5.41) is 8.99. The molecule has 1 saturated carbocycles. The van der Waals surface area contributed by atoms with Crippen LogP contribution in [-0.4, -0.2) is 5.11 Å². The van der Waals surface area contributed by atoms with Crippen LogP contribution in [0.15, 0.2) is 24.3 Å². The van der Waals surface area contributed by atoms with E-state index in [0.717, 1.165) is 12.3 Å². The topological polar surface area (TPSA) is 20.2 Å². The average molecular weight is 234 g/mol. The summed E-state index contributed by atoms with van der Waals surface area (Å²) in [4.78, 5) is 0. The first kappa shape index (κ1) is 14.1. The number of phenolic OH excluding ortho intramolecular Hbond substituents is 1. The summed E-state index contributed by atoms with van der Waals surface area (Å²) >= 11 is 0. The molecular weight excluding hydrogens is 208 g/mol. The third-order valence-electron chi connectivity index (χ3n) is 3.22. The molecule has 1 aromatic rings. The van der Waals surface area contributed by atoms with Crippen molar-refractivity contribution >= 4 is 0 Å². The van der Waals surface area contributed by atoms with Crippen molar-refractivity contribution in [2.45, 2.75) is 52.9 Å². The fraction of sp³-hybridized carbons (Fsp3) is 0.625. The Morgan fingerprint density at radius 1 is 1.12 bits per heavy atom. The fourth-order valence-corrected chi connectivity index (χ4v) is 2.23. The molecule has 0 aliphatic heterocycles. The molecule has 0 spiro atoms. The first-order valence-electron chi connectivity index (χ1n) is 6.86. The maximum absolute atomic E-state index is 8.99. The number of hydrogen-bond acceptors (Lipinski definition) is 1. The molecule has 2 rings (SSSR count). The van der Waals surface area contributed by atoms with Gasteiger partial charge in [-0.3, -0.25) is 0 Å². The Morgan fingerprint density at radius 3 is 2.00 bits per heavy atom. The largest absolute Gasteiger partial charge is 0.508 e. The van der Waals surface area contributed by atoms with E-state index in [2.05, 4.69) is 20.8 Å². The molecule has 0 radical (unpaired) electrons. The van der Waals surface area contributed by atoms with Gasteiger partial charge in [0.25, 0.3) is 0 Å². The molecule has 1 aliphatic rings. The Morgan fingerprint density at radius 2 is 1.65 bits per heavy atom. The zero-order valence-electron chi connectivity index (χ0n) is 11.4. The number of rotatable bonds is 2. The Hall–Kier alpha value is -0.980. The van der Waals surface area contributed by atoms with Crippen molar-refractivity contribution in [1.82, 2.24) is 0 Å². The lowest BCUT2D eigenvalue weighted by molar-refractivity contribution is 0.475. The van der Waals surface area contributed by atoms with Crippen LogP contribution in [0.1, 0.15) is 52.0 Å². The molecule has 1 heteroatoms. The second-order valence-corrected chi connectivity index (χ2v) is 5.65. The van der Waals surface area contributed by atoms with Crippen LogP contribution in [0.5, 0.6) is 5.75 Å². The first-order valence-corrected chi connectivity index (χ1v) is 6.86. The minimum atomic E-state index is 0.345. The lowest BCUT2D eigenvalue weighted by atomic mass is 10.0. The second-order valence-electron chi connectivity index (χ2n) is 5.65. The number of phenols is 1. The Labute approximate surface area is 106 Å². The number of aromatic hydroxyl groups is 1. The van der Waals surface area contributed by atoms with E-state index < -0.39 is 0 Å². The van der Waals surface area contributed by atoms with Gasteiger partial charge in [0.2, 0.25) is 0 Å². The molecule has 1 fully saturated rings. The van der Waals surface area contributed by atoms with Gasteiger partial charge in [0, 0.05) is 0 Å². The zero-order valence-corrected chi connectivity index (χ0v) is 11.4. The van der Waals surface area contributed by atoms with Crippen LogP contribution < -0.4 is 0 Å². The Balaban J connectivity index is 0.000000202. The van der Waals surface area contributed by atoms with Crippen molar-refractivity contribution in [2.75, 3.05) is 0 Å². The van der Waals surface area contributed by atoms with Gasteiger partial charge in [0.05, 0.1) is 0 Å². The third kappa shape index (κ3) is 6.35. The summed E-state index contributed by atoms with van der Waals surface area (Å²) in [6.07, 6.45) is 7.03. The van der Waals surface area contributed by atoms with Gasteiger partial charge in [-0.2, -0.15) is 0 Å². The minimum Gasteiger partial charge on any atom is -0.508 e. The molecule has 96 valence electrons. The van der Waals surface area contributed by atoms with Crippen LogP contribution in [-0.2, 0) is 6.42 Å². The molecule has 0 bridgehead atoms. The summed E-state index contributed by atoms with van der Waals surface area (Å²) in [5.41, 5.74) is 1.29. The van der Waals surface area contributed by atoms with Gasteiger partial charge in [0.1, 0.15) is 5.75 Å². The van der Waals surface area contributed by atoms with E-state index in [1.165, 1.54) is 31.2 Å². The van der Waals surface area contributed by atoms with Crippen LogP contribution in [0.3, 0.4) is 0 Å². The molecule has 1 aromatic carbocycles. The molecule has 1 N–H and O–H groups in total. The first-order chi connectivity index (χ1) is 8.08. The van der Waals surface area contributed by atoms with Gasteiger partial charge in [0.15, 0.2) is 0 Å². The molecule has 1 aliphatic carbocycles. The molecule has 0 amide bonds. The van der Waals surface area contributed by atoms with E-state index in [4.69, 9.17) is 5.11 Å². The van der Waals surface area contributed by atoms with Crippen molar-refractivity contribution in [1.29, 1.82) is 0 Å². The summed E-state index contributed by atoms with van der Waals surface area (Å²) in [7, 11) is 0. The molecule has 0 heterocycles. The van der Waals surface area contributed by atoms with Crippen LogP contribution in [0, 0.1) is 11.8 Å². The van der Waals surface area contributed by atoms with E-state index in [9.17, 15) is 0 Å². The van der Waals surface area contributed by atoms with E-state index in [1.807, 2.05) is 12.1 Å². The number of benzene rings is 1. The minimum absolute atomic E-state index is 0.345. The number of hydrogen-bond donors (Lipinski definition) is 1. The summed E-state index contributed by atoms with van der Waals surface area (Å²) in [6, 6.07) is 7.40. The molecule has 0 atom stereocenters. The zero-order chi connectivity index (χ0) is 12.7. The van der Waals surface area contributed by atoms with Crippen LogP contribution in [0.4, 0.5) is 0 Å². The van der Waals surface area contributed by atoms with Gasteiger partial charge in [-0.05, 0) is 36.0 Å². The van der Waals surface area contributed by atoms with Crippen LogP contribution in [0.25, 0.3) is 0 Å². The lowest BCUT2D eigenvalue weighted by Gasteiger charge is -2.03. The summed E-state index contributed by atoms with van der Waals surface area (Å²) in [5.74, 6) is 2.07. The van der Waals surface area contributed by atoms with Crippen molar-refractivity contribution in [3.8, 4) is 5.75 Å². The molecule has 17 heavy (non-hydrogen) atoms. The maximum Gasteiger partial charge on any atom is 0.115 e. The third-order valence-corrected chi connectivity index (χ3v) is 3.22. The summed E-state index contributed by atoms with van der Waals surface area (Å²) < 4.78 is 0. The standard InChI is InChI=1S/C10H14O.C6H12/c1-8(2)7-9-3-5-10(11)6-4-9;1-6-4-2-3-5-6/h3-6,8,11H,7H2,1-2H3;6H,2-5H2,1H3. The lowest BCUT2D eigenvalue weighted by Crippen LogP contribution is -1.92. The molecular formula is C16H26O. The van der Waals surface area contributed by atoms with Crippen molar-refractivity contribution in [2.24, 2.45) is 11.8 Å². The monoisotopic (exact) mass is 234 g/mol. The highest BCUT2D eigenvalue weighted by molar-refractivity contribution is 5.25. The molecule has 0 saturated heterocycles. The van der Waals surface area contributed by atoms with Crippen LogP contribution in [0.2, 0.25) is 0 Å². The van der Waals surface area contributed by atoms with E-state index in [1.54, 1.807) is 12.1 Å². The quantitative estimate of drug-likeness (QED) is 0.780.